The van der Waals surface area contributed by atoms with Gasteiger partial charge in [0.15, 0.2) is 5.78 Å². The van der Waals surface area contributed by atoms with Crippen LogP contribution in [0.4, 0.5) is 0 Å². The van der Waals surface area contributed by atoms with E-state index in [1.807, 2.05) is 6.08 Å². The van der Waals surface area contributed by atoms with Gasteiger partial charge >= 0.3 is 11.9 Å². The van der Waals surface area contributed by atoms with Crippen LogP contribution in [0.5, 0.6) is 0 Å². The molecule has 5 aliphatic carbocycles. The van der Waals surface area contributed by atoms with E-state index in [4.69, 9.17) is 9.47 Å². The topological polar surface area (TPSA) is 69.7 Å². The summed E-state index contributed by atoms with van der Waals surface area (Å²) in [6.45, 7) is 18.0. The van der Waals surface area contributed by atoms with Crippen molar-refractivity contribution in [3.05, 3.63) is 23.8 Å². The molecule has 1 unspecified atom stereocenters. The highest BCUT2D eigenvalue weighted by atomic mass is 16.5. The Morgan fingerprint density at radius 1 is 1.00 bits per heavy atom. The van der Waals surface area contributed by atoms with Crippen LogP contribution in [0.25, 0.3) is 0 Å². The molecule has 0 aromatic rings. The first-order chi connectivity index (χ1) is 17.7. The number of hydrogen-bond donors (Lipinski definition) is 0. The lowest BCUT2D eigenvalue weighted by Crippen LogP contribution is -2.65. The SMILES string of the molecule is C=C1CC[C@]2(C)C3=CC(=O)[C@@H]4[C@@H]5CC(C)(C)CC[C@]5(C(=O)OC)CC[C@@]4(C)[C@]3(C)CC[C@H]2C1COC(C)=O. The summed E-state index contributed by atoms with van der Waals surface area (Å²) < 4.78 is 11.0. The first kappa shape index (κ1) is 27.6. The van der Waals surface area contributed by atoms with Crippen molar-refractivity contribution in [1.29, 1.82) is 0 Å². The van der Waals surface area contributed by atoms with E-state index in [-0.39, 0.29) is 57.1 Å². The molecule has 0 radical (unpaired) electrons. The van der Waals surface area contributed by atoms with E-state index in [1.165, 1.54) is 25.2 Å². The number of carbonyl (C=O) groups excluding carboxylic acids is 3. The highest BCUT2D eigenvalue weighted by Gasteiger charge is 2.70. The van der Waals surface area contributed by atoms with Crippen LogP contribution < -0.4 is 0 Å². The standard InChI is InChI=1S/C33H48O5/c1-20-9-11-30(5)23(22(20)19-38-21(2)34)10-12-31(6)26(30)17-25(35)27-24-18-29(3,4)13-15-33(24,28(36)37-8)16-14-32(27,31)7/h17,22-24,27H,1,9-16,18-19H2,2-8H3/t22?,23-,24-,27-,30-,31+,32+,33-/m0/s1. The number of methoxy groups -OCH3 is 1. The lowest BCUT2D eigenvalue weighted by molar-refractivity contribution is -0.191. The van der Waals surface area contributed by atoms with Crippen molar-refractivity contribution < 1.29 is 23.9 Å². The first-order valence-corrected chi connectivity index (χ1v) is 14.8. The zero-order valence-corrected chi connectivity index (χ0v) is 24.7. The second-order valence-electron chi connectivity index (χ2n) is 14.9. The number of ether oxygens (including phenoxy) is 2. The van der Waals surface area contributed by atoms with Crippen LogP contribution in [0.2, 0.25) is 0 Å². The molecule has 0 amide bonds. The highest BCUT2D eigenvalue weighted by molar-refractivity contribution is 5.96. The second kappa shape index (κ2) is 8.80. The quantitative estimate of drug-likeness (QED) is 0.298. The Balaban J connectivity index is 1.59. The molecule has 0 bridgehead atoms. The fourth-order valence-electron chi connectivity index (χ4n) is 10.3. The van der Waals surface area contributed by atoms with Gasteiger partial charge in [-0.3, -0.25) is 14.4 Å². The van der Waals surface area contributed by atoms with Crippen molar-refractivity contribution in [1.82, 2.24) is 0 Å². The lowest BCUT2D eigenvalue weighted by Gasteiger charge is -2.69. The predicted molar refractivity (Wildman–Crippen MR) is 147 cm³/mol. The normalized spacial score (nSPS) is 45.5. The van der Waals surface area contributed by atoms with Gasteiger partial charge in [-0.25, -0.2) is 0 Å². The summed E-state index contributed by atoms with van der Waals surface area (Å²) in [5, 5.41) is 0. The Morgan fingerprint density at radius 3 is 2.34 bits per heavy atom. The molecule has 0 spiro atoms. The molecular formula is C33H48O5. The van der Waals surface area contributed by atoms with Gasteiger partial charge in [-0.05, 0) is 97.4 Å². The smallest absolute Gasteiger partial charge is 0.312 e. The van der Waals surface area contributed by atoms with Crippen LogP contribution in [0.15, 0.2) is 23.8 Å². The monoisotopic (exact) mass is 524 g/mol. The number of hydrogen-bond acceptors (Lipinski definition) is 5. The molecule has 0 aliphatic heterocycles. The van der Waals surface area contributed by atoms with Crippen molar-refractivity contribution in [2.75, 3.05) is 13.7 Å². The van der Waals surface area contributed by atoms with E-state index in [0.29, 0.717) is 12.5 Å². The summed E-state index contributed by atoms with van der Waals surface area (Å²) >= 11 is 0. The van der Waals surface area contributed by atoms with Crippen molar-refractivity contribution in [2.24, 2.45) is 50.7 Å². The third-order valence-electron chi connectivity index (χ3n) is 12.8. The van der Waals surface area contributed by atoms with Crippen LogP contribution >= 0.6 is 0 Å². The van der Waals surface area contributed by atoms with Gasteiger partial charge in [-0.2, -0.15) is 0 Å². The molecule has 5 heteroatoms. The van der Waals surface area contributed by atoms with Crippen LogP contribution in [0, 0.1) is 50.7 Å². The van der Waals surface area contributed by atoms with E-state index in [2.05, 4.69) is 41.2 Å². The van der Waals surface area contributed by atoms with Gasteiger partial charge in [-0.15, -0.1) is 0 Å². The van der Waals surface area contributed by atoms with E-state index in [1.54, 1.807) is 0 Å². The molecule has 0 aromatic carbocycles. The van der Waals surface area contributed by atoms with Crippen LogP contribution in [-0.4, -0.2) is 31.4 Å². The Kier molecular flexibility index (Phi) is 6.40. The van der Waals surface area contributed by atoms with Gasteiger partial charge in [0.05, 0.1) is 19.1 Å². The van der Waals surface area contributed by atoms with Gasteiger partial charge in [-0.1, -0.05) is 52.3 Å². The molecule has 4 saturated carbocycles. The summed E-state index contributed by atoms with van der Waals surface area (Å²) in [4.78, 5) is 39.5. The minimum absolute atomic E-state index is 0.00736. The second-order valence-corrected chi connectivity index (χ2v) is 14.9. The minimum atomic E-state index is -0.551. The molecule has 0 heterocycles. The third-order valence-corrected chi connectivity index (χ3v) is 12.8. The van der Waals surface area contributed by atoms with Crippen LogP contribution in [0.1, 0.15) is 99.3 Å². The van der Waals surface area contributed by atoms with Crippen LogP contribution in [-0.2, 0) is 23.9 Å². The number of esters is 2. The summed E-state index contributed by atoms with van der Waals surface area (Å²) in [5.74, 6) is 0.135. The number of rotatable bonds is 3. The maximum atomic E-state index is 14.4. The van der Waals surface area contributed by atoms with E-state index in [9.17, 15) is 14.4 Å². The molecule has 5 nitrogen and oxygen atoms in total. The Labute approximate surface area is 229 Å². The number of allylic oxidation sites excluding steroid dienone is 2. The number of fused-ring (bicyclic) bond motifs is 7. The van der Waals surface area contributed by atoms with Crippen LogP contribution in [0.3, 0.4) is 0 Å². The molecule has 0 saturated heterocycles. The van der Waals surface area contributed by atoms with E-state index < -0.39 is 5.41 Å². The fraction of sp³-hybridized carbons (Fsp3) is 0.788. The highest BCUT2D eigenvalue weighted by Crippen LogP contribution is 2.74. The molecule has 0 N–H and O–H groups in total. The molecule has 5 aliphatic rings. The van der Waals surface area contributed by atoms with Gasteiger partial charge < -0.3 is 9.47 Å². The summed E-state index contributed by atoms with van der Waals surface area (Å²) in [6.07, 6.45) is 10.3. The average molecular weight is 525 g/mol. The van der Waals surface area contributed by atoms with Crippen molar-refractivity contribution in [3.63, 3.8) is 0 Å². The van der Waals surface area contributed by atoms with Crippen molar-refractivity contribution in [3.8, 4) is 0 Å². The lowest BCUT2D eigenvalue weighted by atomic mass is 9.34. The summed E-state index contributed by atoms with van der Waals surface area (Å²) in [7, 11) is 1.51. The predicted octanol–water partition coefficient (Wildman–Crippen LogP) is 6.85. The van der Waals surface area contributed by atoms with E-state index in [0.717, 1.165) is 57.8 Å². The summed E-state index contributed by atoms with van der Waals surface area (Å²) in [5.41, 5.74) is 1.57. The average Bonchev–Trinajstić information content (AvgIpc) is 2.84. The molecule has 38 heavy (non-hydrogen) atoms. The zero-order chi connectivity index (χ0) is 27.9. The Morgan fingerprint density at radius 2 is 1.68 bits per heavy atom. The minimum Gasteiger partial charge on any atom is -0.469 e. The largest absolute Gasteiger partial charge is 0.469 e. The Hall–Kier alpha value is -1.91. The van der Waals surface area contributed by atoms with E-state index >= 15 is 0 Å². The van der Waals surface area contributed by atoms with Gasteiger partial charge in [0.1, 0.15) is 0 Å². The van der Waals surface area contributed by atoms with Gasteiger partial charge in [0.25, 0.3) is 0 Å². The molecule has 5 rings (SSSR count). The number of ketones is 1. The van der Waals surface area contributed by atoms with Gasteiger partial charge in [0.2, 0.25) is 0 Å². The first-order valence-electron chi connectivity index (χ1n) is 14.8. The van der Waals surface area contributed by atoms with Gasteiger partial charge in [0, 0.05) is 18.8 Å². The summed E-state index contributed by atoms with van der Waals surface area (Å²) in [6, 6.07) is 0. The molecule has 0 aromatic heterocycles. The molecule has 8 atom stereocenters. The molecular weight excluding hydrogens is 476 g/mol. The zero-order valence-electron chi connectivity index (χ0n) is 24.7. The maximum absolute atomic E-state index is 14.4. The number of carbonyl (C=O) groups is 3. The molecule has 210 valence electrons. The molecule has 4 fully saturated rings. The van der Waals surface area contributed by atoms with Crippen molar-refractivity contribution in [2.45, 2.75) is 99.3 Å². The Bertz CT molecular complexity index is 1100. The van der Waals surface area contributed by atoms with Crippen molar-refractivity contribution >= 4 is 17.7 Å². The third kappa shape index (κ3) is 3.65. The maximum Gasteiger partial charge on any atom is 0.312 e. The fourth-order valence-corrected chi connectivity index (χ4v) is 10.3.